The van der Waals surface area contributed by atoms with Gasteiger partial charge >= 0.3 is 5.97 Å². The van der Waals surface area contributed by atoms with Gasteiger partial charge in [0.15, 0.2) is 0 Å². The van der Waals surface area contributed by atoms with Crippen LogP contribution in [0, 0.1) is 6.92 Å². The van der Waals surface area contributed by atoms with E-state index in [2.05, 4.69) is 90.7 Å². The third-order valence-electron chi connectivity index (χ3n) is 8.21. The number of carbonyl (C=O) groups is 1. The van der Waals surface area contributed by atoms with Crippen molar-refractivity contribution in [1.29, 1.82) is 0 Å². The Labute approximate surface area is 235 Å². The molecule has 5 aromatic carbocycles. The Kier molecular flexibility index (Phi) is 7.00. The molecular weight excluding hydrogens is 494 g/mol. The number of nitrogens with zero attached hydrogens (tertiary/aromatic N) is 1. The summed E-state index contributed by atoms with van der Waals surface area (Å²) in [6.07, 6.45) is 0.664. The summed E-state index contributed by atoms with van der Waals surface area (Å²) >= 11 is 0. The summed E-state index contributed by atoms with van der Waals surface area (Å²) in [6.45, 7) is 4.80. The summed E-state index contributed by atoms with van der Waals surface area (Å²) in [5.41, 5.74) is 5.66. The van der Waals surface area contributed by atoms with E-state index < -0.39 is 5.97 Å². The highest BCUT2D eigenvalue weighted by Crippen LogP contribution is 2.42. The first-order valence-corrected chi connectivity index (χ1v) is 13.9. The fourth-order valence-electron chi connectivity index (χ4n) is 6.12. The number of fused-ring (bicyclic) bond motifs is 2. The van der Waals surface area contributed by atoms with Gasteiger partial charge in [0.05, 0.1) is 18.2 Å². The van der Waals surface area contributed by atoms with Crippen LogP contribution in [-0.2, 0) is 0 Å². The normalized spacial score (nSPS) is 17.1. The van der Waals surface area contributed by atoms with Gasteiger partial charge in [-0.2, -0.15) is 0 Å². The van der Waals surface area contributed by atoms with Gasteiger partial charge in [0.25, 0.3) is 0 Å². The minimum absolute atomic E-state index is 0.0409. The van der Waals surface area contributed by atoms with Crippen LogP contribution in [0.1, 0.15) is 57.9 Å². The summed E-state index contributed by atoms with van der Waals surface area (Å²) in [4.78, 5) is 14.4. The van der Waals surface area contributed by atoms with E-state index in [0.29, 0.717) is 12.1 Å². The zero-order chi connectivity index (χ0) is 27.6. The first-order valence-electron chi connectivity index (χ1n) is 13.9. The van der Waals surface area contributed by atoms with E-state index in [0.717, 1.165) is 34.5 Å². The maximum Gasteiger partial charge on any atom is 0.335 e. The van der Waals surface area contributed by atoms with Gasteiger partial charge < -0.3 is 14.7 Å². The van der Waals surface area contributed by atoms with E-state index in [1.807, 2.05) is 43.3 Å². The topological polar surface area (TPSA) is 49.8 Å². The van der Waals surface area contributed by atoms with Gasteiger partial charge in [-0.3, -0.25) is 0 Å². The highest BCUT2D eigenvalue weighted by Gasteiger charge is 2.32. The fourth-order valence-corrected chi connectivity index (χ4v) is 6.12. The van der Waals surface area contributed by atoms with Crippen molar-refractivity contribution in [2.75, 3.05) is 11.4 Å². The molecule has 1 aliphatic heterocycles. The highest BCUT2D eigenvalue weighted by atomic mass is 16.5. The van der Waals surface area contributed by atoms with Gasteiger partial charge in [0.1, 0.15) is 11.9 Å². The largest absolute Gasteiger partial charge is 0.488 e. The molecule has 0 radical (unpaired) electrons. The van der Waals surface area contributed by atoms with Gasteiger partial charge in [-0.15, -0.1) is 0 Å². The number of aromatic carboxylic acids is 1. The second kappa shape index (κ2) is 10.9. The van der Waals surface area contributed by atoms with Gasteiger partial charge in [-0.05, 0) is 72.0 Å². The van der Waals surface area contributed by atoms with E-state index in [4.69, 9.17) is 4.74 Å². The van der Waals surface area contributed by atoms with Gasteiger partial charge in [-0.25, -0.2) is 4.79 Å². The number of para-hydroxylation sites is 2. The van der Waals surface area contributed by atoms with Crippen molar-refractivity contribution in [3.05, 3.63) is 143 Å². The SMILES string of the molecule is Cc1ccc([C@@H]2C[C@H](CN(c3ccccc3)[C@H](C)c3cccc4ccccc34)Oc3ccccc32)cc1C(=O)O. The van der Waals surface area contributed by atoms with Crippen LogP contribution >= 0.6 is 0 Å². The van der Waals surface area contributed by atoms with Crippen molar-refractivity contribution in [3.63, 3.8) is 0 Å². The second-order valence-corrected chi connectivity index (χ2v) is 10.7. The van der Waals surface area contributed by atoms with Crippen LogP contribution in [0.2, 0.25) is 0 Å². The Morgan fingerprint density at radius 1 is 0.900 bits per heavy atom. The number of carboxylic acids is 1. The van der Waals surface area contributed by atoms with Crippen molar-refractivity contribution < 1.29 is 14.6 Å². The number of hydrogen-bond donors (Lipinski definition) is 1. The lowest BCUT2D eigenvalue weighted by molar-refractivity contribution is 0.0696. The van der Waals surface area contributed by atoms with Gasteiger partial charge in [0.2, 0.25) is 0 Å². The Balaban J connectivity index is 1.38. The number of aryl methyl sites for hydroxylation is 1. The average Bonchev–Trinajstić information content (AvgIpc) is 2.99. The minimum atomic E-state index is -0.893. The fraction of sp³-hybridized carbons (Fsp3) is 0.194. The van der Waals surface area contributed by atoms with Crippen molar-refractivity contribution >= 4 is 22.4 Å². The van der Waals surface area contributed by atoms with E-state index in [-0.39, 0.29) is 18.1 Å². The van der Waals surface area contributed by atoms with Gasteiger partial charge in [-0.1, -0.05) is 91.0 Å². The lowest BCUT2D eigenvalue weighted by Crippen LogP contribution is -2.40. The summed E-state index contributed by atoms with van der Waals surface area (Å²) in [5.74, 6) is 0.0153. The number of rotatable bonds is 7. The Morgan fingerprint density at radius 3 is 2.45 bits per heavy atom. The molecule has 0 bridgehead atoms. The highest BCUT2D eigenvalue weighted by molar-refractivity contribution is 5.89. The Morgan fingerprint density at radius 2 is 1.62 bits per heavy atom. The van der Waals surface area contributed by atoms with Crippen LogP contribution in [0.5, 0.6) is 5.75 Å². The monoisotopic (exact) mass is 527 g/mol. The molecule has 4 nitrogen and oxygen atoms in total. The van der Waals surface area contributed by atoms with E-state index >= 15 is 0 Å². The zero-order valence-electron chi connectivity index (χ0n) is 22.8. The maximum absolute atomic E-state index is 11.9. The zero-order valence-corrected chi connectivity index (χ0v) is 22.8. The first-order chi connectivity index (χ1) is 19.5. The van der Waals surface area contributed by atoms with Crippen LogP contribution < -0.4 is 9.64 Å². The molecule has 0 aliphatic carbocycles. The van der Waals surface area contributed by atoms with Crippen molar-refractivity contribution in [2.45, 2.75) is 38.3 Å². The number of hydrogen-bond acceptors (Lipinski definition) is 3. The number of ether oxygens (including phenoxy) is 1. The molecular formula is C36H33NO3. The molecule has 0 fully saturated rings. The molecule has 40 heavy (non-hydrogen) atoms. The smallest absolute Gasteiger partial charge is 0.335 e. The van der Waals surface area contributed by atoms with Crippen LogP contribution in [0.25, 0.3) is 10.8 Å². The Bertz CT molecular complexity index is 1660. The quantitative estimate of drug-likeness (QED) is 0.231. The lowest BCUT2D eigenvalue weighted by Gasteiger charge is -2.39. The van der Waals surface area contributed by atoms with Crippen molar-refractivity contribution in [2.24, 2.45) is 0 Å². The molecule has 200 valence electrons. The molecule has 1 N–H and O–H groups in total. The van der Waals surface area contributed by atoms with Crippen molar-refractivity contribution in [1.82, 2.24) is 0 Å². The predicted molar refractivity (Wildman–Crippen MR) is 162 cm³/mol. The minimum Gasteiger partial charge on any atom is -0.488 e. The summed E-state index contributed by atoms with van der Waals surface area (Å²) in [5, 5.41) is 12.3. The molecule has 0 unspecified atom stereocenters. The third kappa shape index (κ3) is 4.93. The molecule has 0 amide bonds. The van der Waals surface area contributed by atoms with Crippen LogP contribution in [0.4, 0.5) is 5.69 Å². The van der Waals surface area contributed by atoms with Crippen LogP contribution in [0.3, 0.4) is 0 Å². The summed E-state index contributed by atoms with van der Waals surface area (Å²) in [6, 6.07) is 39.7. The van der Waals surface area contributed by atoms with Crippen molar-refractivity contribution in [3.8, 4) is 5.75 Å². The molecule has 0 saturated heterocycles. The Hall–Kier alpha value is -4.57. The maximum atomic E-state index is 11.9. The predicted octanol–water partition coefficient (Wildman–Crippen LogP) is 8.40. The molecule has 1 aliphatic rings. The standard InChI is InChI=1S/C36H33NO3/c1-24-19-20-27(21-33(24)36(38)39)34-22-29(40-35-18-9-8-16-32(34)35)23-37(28-13-4-3-5-14-28)25(2)30-17-10-12-26-11-6-7-15-31(26)30/h3-21,25,29,34H,22-23H2,1-2H3,(H,38,39)/t25-,29-,34+/m1/s1. The summed E-state index contributed by atoms with van der Waals surface area (Å²) in [7, 11) is 0. The molecule has 0 aromatic heterocycles. The average molecular weight is 528 g/mol. The van der Waals surface area contributed by atoms with Crippen LogP contribution in [-0.4, -0.2) is 23.7 Å². The molecule has 1 heterocycles. The molecule has 6 rings (SSSR count). The van der Waals surface area contributed by atoms with Crippen LogP contribution in [0.15, 0.2) is 115 Å². The molecule has 4 heteroatoms. The molecule has 5 aromatic rings. The van der Waals surface area contributed by atoms with E-state index in [9.17, 15) is 9.90 Å². The summed E-state index contributed by atoms with van der Waals surface area (Å²) < 4.78 is 6.65. The van der Waals surface area contributed by atoms with E-state index in [1.54, 1.807) is 0 Å². The number of anilines is 1. The van der Waals surface area contributed by atoms with Gasteiger partial charge in [0, 0.05) is 17.2 Å². The second-order valence-electron chi connectivity index (χ2n) is 10.7. The van der Waals surface area contributed by atoms with E-state index in [1.165, 1.54) is 16.3 Å². The first kappa shape index (κ1) is 25.7. The third-order valence-corrected chi connectivity index (χ3v) is 8.21. The lowest BCUT2D eigenvalue weighted by atomic mass is 9.83. The number of benzene rings is 5. The number of carboxylic acid groups (broad SMARTS) is 1. The molecule has 3 atom stereocenters. The molecule has 0 saturated carbocycles. The molecule has 0 spiro atoms.